The minimum absolute atomic E-state index is 0. The van der Waals surface area contributed by atoms with Crippen LogP contribution < -0.4 is 5.73 Å². The lowest BCUT2D eigenvalue weighted by Crippen LogP contribution is -2.38. The van der Waals surface area contributed by atoms with Crippen LogP contribution in [-0.2, 0) is 11.2 Å². The standard InChI is InChI=1S/C16H25NO2S.ClH/c1-4-12(2)14(17)11-20-16(3,15(18)19)10-13-8-6-5-7-9-13;/h5-9,12,14H,4,10-11,17H2,1-3H3,(H,18,19);1H/t12-,14?,16-;/m0./s1. The van der Waals surface area contributed by atoms with Crippen molar-refractivity contribution in [3.63, 3.8) is 0 Å². The molecular weight excluding hydrogens is 306 g/mol. The highest BCUT2D eigenvalue weighted by molar-refractivity contribution is 8.01. The SMILES string of the molecule is CC[C@H](C)C(N)CS[C@@](C)(Cc1ccccc1)C(=O)O.Cl. The number of carboxylic acid groups (broad SMARTS) is 1. The molecule has 0 fully saturated rings. The van der Waals surface area contributed by atoms with Crippen LogP contribution in [0.3, 0.4) is 0 Å². The van der Waals surface area contributed by atoms with Crippen molar-refractivity contribution in [3.8, 4) is 0 Å². The molecule has 0 bridgehead atoms. The fourth-order valence-electron chi connectivity index (χ4n) is 1.92. The van der Waals surface area contributed by atoms with E-state index in [1.54, 1.807) is 6.92 Å². The van der Waals surface area contributed by atoms with Crippen LogP contribution in [0.4, 0.5) is 0 Å². The molecule has 0 aliphatic carbocycles. The zero-order chi connectivity index (χ0) is 15.2. The van der Waals surface area contributed by atoms with Crippen LogP contribution in [0.15, 0.2) is 30.3 Å². The van der Waals surface area contributed by atoms with E-state index in [2.05, 4.69) is 13.8 Å². The lowest BCUT2D eigenvalue weighted by Gasteiger charge is -2.27. The van der Waals surface area contributed by atoms with Gasteiger partial charge in [0.05, 0.1) is 0 Å². The summed E-state index contributed by atoms with van der Waals surface area (Å²) in [4.78, 5) is 11.6. The van der Waals surface area contributed by atoms with Gasteiger partial charge in [-0.2, -0.15) is 0 Å². The summed E-state index contributed by atoms with van der Waals surface area (Å²) in [6.45, 7) is 6.01. The van der Waals surface area contributed by atoms with E-state index < -0.39 is 10.7 Å². The van der Waals surface area contributed by atoms with Crippen molar-refractivity contribution in [2.24, 2.45) is 11.7 Å². The number of benzene rings is 1. The van der Waals surface area contributed by atoms with E-state index in [-0.39, 0.29) is 18.4 Å². The van der Waals surface area contributed by atoms with Gasteiger partial charge in [-0.25, -0.2) is 0 Å². The highest BCUT2D eigenvalue weighted by Crippen LogP contribution is 2.31. The smallest absolute Gasteiger partial charge is 0.319 e. The number of thioether (sulfide) groups is 1. The predicted octanol–water partition coefficient (Wildman–Crippen LogP) is 3.60. The van der Waals surface area contributed by atoms with E-state index in [1.807, 2.05) is 30.3 Å². The van der Waals surface area contributed by atoms with E-state index >= 15 is 0 Å². The second-order valence-electron chi connectivity index (χ2n) is 5.56. The van der Waals surface area contributed by atoms with Gasteiger partial charge in [-0.1, -0.05) is 50.6 Å². The second-order valence-corrected chi connectivity index (χ2v) is 7.08. The molecule has 1 aromatic carbocycles. The van der Waals surface area contributed by atoms with Gasteiger partial charge in [-0.15, -0.1) is 24.2 Å². The zero-order valence-electron chi connectivity index (χ0n) is 12.9. The Morgan fingerprint density at radius 2 is 1.95 bits per heavy atom. The van der Waals surface area contributed by atoms with Crippen molar-refractivity contribution < 1.29 is 9.90 Å². The minimum Gasteiger partial charge on any atom is -0.480 e. The molecule has 3 N–H and O–H groups in total. The summed E-state index contributed by atoms with van der Waals surface area (Å²) < 4.78 is -0.827. The average molecular weight is 332 g/mol. The lowest BCUT2D eigenvalue weighted by atomic mass is 10.0. The van der Waals surface area contributed by atoms with Crippen LogP contribution in [0.25, 0.3) is 0 Å². The van der Waals surface area contributed by atoms with E-state index in [0.717, 1.165) is 12.0 Å². The molecule has 1 rings (SSSR count). The number of rotatable bonds is 8. The van der Waals surface area contributed by atoms with Gasteiger partial charge in [0, 0.05) is 11.8 Å². The first-order valence-electron chi connectivity index (χ1n) is 7.06. The molecule has 21 heavy (non-hydrogen) atoms. The van der Waals surface area contributed by atoms with E-state index in [9.17, 15) is 9.90 Å². The Kier molecular flexibility index (Phi) is 9.02. The third-order valence-electron chi connectivity index (χ3n) is 3.81. The quantitative estimate of drug-likeness (QED) is 0.764. The zero-order valence-corrected chi connectivity index (χ0v) is 14.5. The molecule has 0 aliphatic heterocycles. The molecule has 0 saturated heterocycles. The summed E-state index contributed by atoms with van der Waals surface area (Å²) in [7, 11) is 0. The normalized spacial score (nSPS) is 16.4. The van der Waals surface area contributed by atoms with Crippen LogP contribution >= 0.6 is 24.2 Å². The molecule has 1 aromatic rings. The molecule has 0 saturated carbocycles. The van der Waals surface area contributed by atoms with Crippen molar-refractivity contribution in [2.75, 3.05) is 5.75 Å². The van der Waals surface area contributed by atoms with Crippen LogP contribution in [0.5, 0.6) is 0 Å². The summed E-state index contributed by atoms with van der Waals surface area (Å²) in [6, 6.07) is 9.79. The Bertz CT molecular complexity index is 430. The molecule has 5 heteroatoms. The van der Waals surface area contributed by atoms with E-state index in [4.69, 9.17) is 5.73 Å². The number of aliphatic carboxylic acids is 1. The van der Waals surface area contributed by atoms with Crippen LogP contribution in [0.1, 0.15) is 32.8 Å². The summed E-state index contributed by atoms with van der Waals surface area (Å²) in [5.41, 5.74) is 7.16. The van der Waals surface area contributed by atoms with Gasteiger partial charge in [-0.3, -0.25) is 4.79 Å². The molecule has 0 aromatic heterocycles. The highest BCUT2D eigenvalue weighted by Gasteiger charge is 2.34. The number of carboxylic acids is 1. The third kappa shape index (κ3) is 6.29. The lowest BCUT2D eigenvalue weighted by molar-refractivity contribution is -0.139. The summed E-state index contributed by atoms with van der Waals surface area (Å²) in [5, 5.41) is 9.54. The molecule has 0 heterocycles. The maximum absolute atomic E-state index is 11.6. The number of carbonyl (C=O) groups is 1. The number of halogens is 1. The summed E-state index contributed by atoms with van der Waals surface area (Å²) >= 11 is 1.45. The molecule has 3 nitrogen and oxygen atoms in total. The third-order valence-corrected chi connectivity index (χ3v) is 5.31. The fraction of sp³-hybridized carbons (Fsp3) is 0.562. The molecule has 0 aliphatic rings. The Morgan fingerprint density at radius 1 is 1.38 bits per heavy atom. The Balaban J connectivity index is 0.00000400. The van der Waals surface area contributed by atoms with Crippen LogP contribution in [-0.4, -0.2) is 27.6 Å². The maximum Gasteiger partial charge on any atom is 0.319 e. The molecule has 3 atom stereocenters. The Morgan fingerprint density at radius 3 is 2.43 bits per heavy atom. The van der Waals surface area contributed by atoms with Crippen molar-refractivity contribution in [1.82, 2.24) is 0 Å². The maximum atomic E-state index is 11.6. The Hall–Kier alpha value is -0.710. The van der Waals surface area contributed by atoms with Gasteiger partial charge < -0.3 is 10.8 Å². The van der Waals surface area contributed by atoms with Crippen molar-refractivity contribution in [1.29, 1.82) is 0 Å². The first-order valence-corrected chi connectivity index (χ1v) is 8.04. The summed E-state index contributed by atoms with van der Waals surface area (Å²) in [5.74, 6) is 0.310. The predicted molar refractivity (Wildman–Crippen MR) is 93.3 cm³/mol. The minimum atomic E-state index is -0.827. The average Bonchev–Trinajstić information content (AvgIpc) is 2.44. The van der Waals surface area contributed by atoms with Gasteiger partial charge in [0.15, 0.2) is 0 Å². The molecule has 0 amide bonds. The summed E-state index contributed by atoms with van der Waals surface area (Å²) in [6.07, 6.45) is 1.53. The van der Waals surface area contributed by atoms with Gasteiger partial charge in [0.1, 0.15) is 4.75 Å². The number of hydrogen-bond donors (Lipinski definition) is 2. The van der Waals surface area contributed by atoms with E-state index in [1.165, 1.54) is 11.8 Å². The van der Waals surface area contributed by atoms with Crippen molar-refractivity contribution in [2.45, 2.75) is 44.4 Å². The number of hydrogen-bond acceptors (Lipinski definition) is 3. The van der Waals surface area contributed by atoms with Gasteiger partial charge in [0.25, 0.3) is 0 Å². The molecule has 0 radical (unpaired) electrons. The van der Waals surface area contributed by atoms with Crippen LogP contribution in [0, 0.1) is 5.92 Å². The van der Waals surface area contributed by atoms with E-state index in [0.29, 0.717) is 18.1 Å². The first-order chi connectivity index (χ1) is 9.39. The van der Waals surface area contributed by atoms with Crippen LogP contribution in [0.2, 0.25) is 0 Å². The van der Waals surface area contributed by atoms with Gasteiger partial charge in [0.2, 0.25) is 0 Å². The molecule has 1 unspecified atom stereocenters. The largest absolute Gasteiger partial charge is 0.480 e. The number of nitrogens with two attached hydrogens (primary N) is 1. The fourth-order valence-corrected chi connectivity index (χ4v) is 3.20. The van der Waals surface area contributed by atoms with Gasteiger partial charge >= 0.3 is 5.97 Å². The van der Waals surface area contributed by atoms with Crippen molar-refractivity contribution in [3.05, 3.63) is 35.9 Å². The first kappa shape index (κ1) is 20.3. The Labute approximate surface area is 138 Å². The monoisotopic (exact) mass is 331 g/mol. The van der Waals surface area contributed by atoms with Crippen molar-refractivity contribution >= 4 is 30.1 Å². The highest BCUT2D eigenvalue weighted by atomic mass is 35.5. The van der Waals surface area contributed by atoms with Gasteiger partial charge in [-0.05, 0) is 24.8 Å². The topological polar surface area (TPSA) is 63.3 Å². The molecule has 0 spiro atoms. The molecule has 120 valence electrons. The molecular formula is C16H26ClNO2S. The second kappa shape index (κ2) is 9.34.